The van der Waals surface area contributed by atoms with Crippen LogP contribution in [-0.4, -0.2) is 59.4 Å². The quantitative estimate of drug-likeness (QED) is 0.731. The number of rotatable bonds is 5. The number of hydrogen-bond acceptors (Lipinski definition) is 6. The number of halogens is 1. The first kappa shape index (κ1) is 18.2. The lowest BCUT2D eigenvalue weighted by Crippen LogP contribution is -2.47. The molecule has 3 aliphatic heterocycles. The van der Waals surface area contributed by atoms with E-state index in [0.29, 0.717) is 10.7 Å². The van der Waals surface area contributed by atoms with Gasteiger partial charge in [-0.1, -0.05) is 11.6 Å². The number of imide groups is 1. The van der Waals surface area contributed by atoms with Crippen LogP contribution >= 0.6 is 11.6 Å². The van der Waals surface area contributed by atoms with Crippen LogP contribution < -0.4 is 5.32 Å². The van der Waals surface area contributed by atoms with E-state index in [9.17, 15) is 19.5 Å². The summed E-state index contributed by atoms with van der Waals surface area (Å²) in [5.74, 6) is -1.66. The highest BCUT2D eigenvalue weighted by atomic mass is 35.5. The molecular formula is C18H19ClN2O6. The lowest BCUT2D eigenvalue weighted by Gasteiger charge is -2.25. The molecule has 3 saturated heterocycles. The number of anilines is 1. The molecule has 0 aliphatic carbocycles. The Kier molecular flexibility index (Phi) is 4.79. The fourth-order valence-corrected chi connectivity index (χ4v) is 4.29. The first-order valence-corrected chi connectivity index (χ1v) is 9.20. The van der Waals surface area contributed by atoms with E-state index in [4.69, 9.17) is 21.1 Å². The molecule has 0 aromatic heterocycles. The minimum atomic E-state index is -0.911. The Morgan fingerprint density at radius 1 is 1.22 bits per heavy atom. The van der Waals surface area contributed by atoms with Gasteiger partial charge < -0.3 is 14.6 Å². The maximum atomic E-state index is 12.7. The molecule has 0 saturated carbocycles. The number of fused-ring (bicyclic) bond motifs is 5. The summed E-state index contributed by atoms with van der Waals surface area (Å²) in [5, 5.41) is 12.7. The Labute approximate surface area is 160 Å². The monoisotopic (exact) mass is 394 g/mol. The van der Waals surface area contributed by atoms with E-state index >= 15 is 0 Å². The molecule has 5 atom stereocenters. The largest absolute Gasteiger partial charge is 0.447 e. The van der Waals surface area contributed by atoms with E-state index in [1.807, 2.05) is 0 Å². The van der Waals surface area contributed by atoms with Gasteiger partial charge in [-0.05, 0) is 37.1 Å². The van der Waals surface area contributed by atoms with Gasteiger partial charge in [-0.25, -0.2) is 4.79 Å². The molecule has 2 N–H and O–H groups in total. The molecule has 0 radical (unpaired) electrons. The van der Waals surface area contributed by atoms with E-state index in [1.165, 1.54) is 0 Å². The number of nitrogens with one attached hydrogen (secondary N) is 1. The van der Waals surface area contributed by atoms with Crippen LogP contribution in [0.2, 0.25) is 5.02 Å². The van der Waals surface area contributed by atoms with Crippen LogP contribution in [0.5, 0.6) is 0 Å². The van der Waals surface area contributed by atoms with Crippen molar-refractivity contribution < 1.29 is 29.0 Å². The number of hydrogen-bond donors (Lipinski definition) is 2. The number of ether oxygens (including phenoxy) is 2. The molecule has 1 aromatic carbocycles. The zero-order chi connectivity index (χ0) is 19.1. The second kappa shape index (κ2) is 7.10. The number of benzene rings is 1. The van der Waals surface area contributed by atoms with Gasteiger partial charge in [0.25, 0.3) is 0 Å². The van der Waals surface area contributed by atoms with Gasteiger partial charge >= 0.3 is 6.09 Å². The Bertz CT molecular complexity index is 742. The summed E-state index contributed by atoms with van der Waals surface area (Å²) in [4.78, 5) is 38.4. The van der Waals surface area contributed by atoms with Gasteiger partial charge in [0.05, 0.1) is 36.7 Å². The summed E-state index contributed by atoms with van der Waals surface area (Å²) in [7, 11) is 0. The second-order valence-corrected chi connectivity index (χ2v) is 7.39. The first-order valence-electron chi connectivity index (χ1n) is 8.82. The van der Waals surface area contributed by atoms with Gasteiger partial charge in [0.2, 0.25) is 11.8 Å². The Morgan fingerprint density at radius 3 is 2.37 bits per heavy atom. The first-order chi connectivity index (χ1) is 13.0. The summed E-state index contributed by atoms with van der Waals surface area (Å²) in [5.41, 5.74) is 0.488. The highest BCUT2D eigenvalue weighted by Gasteiger charge is 2.63. The molecule has 27 heavy (non-hydrogen) atoms. The molecular weight excluding hydrogens is 376 g/mol. The van der Waals surface area contributed by atoms with Gasteiger partial charge in [-0.2, -0.15) is 0 Å². The van der Waals surface area contributed by atoms with Crippen molar-refractivity contribution in [2.24, 2.45) is 11.8 Å². The summed E-state index contributed by atoms with van der Waals surface area (Å²) < 4.78 is 10.8. The molecule has 3 fully saturated rings. The van der Waals surface area contributed by atoms with Crippen molar-refractivity contribution >= 4 is 35.2 Å². The fraction of sp³-hybridized carbons (Fsp3) is 0.500. The Balaban J connectivity index is 1.38. The second-order valence-electron chi connectivity index (χ2n) is 6.96. The summed E-state index contributed by atoms with van der Waals surface area (Å²) >= 11 is 5.78. The SMILES string of the molecule is O=C(Nc1ccc(Cl)cc1)OCC(CO)N1C(=O)C2C3CCC(O3)C2C1=O. The molecule has 2 bridgehead atoms. The van der Waals surface area contributed by atoms with Crippen LogP contribution in [0.15, 0.2) is 24.3 Å². The molecule has 3 heterocycles. The van der Waals surface area contributed by atoms with Crippen LogP contribution in [0.3, 0.4) is 0 Å². The molecule has 0 spiro atoms. The van der Waals surface area contributed by atoms with Crippen molar-refractivity contribution in [3.63, 3.8) is 0 Å². The van der Waals surface area contributed by atoms with E-state index in [0.717, 1.165) is 17.7 Å². The van der Waals surface area contributed by atoms with Crippen molar-refractivity contribution in [3.05, 3.63) is 29.3 Å². The van der Waals surface area contributed by atoms with E-state index in [-0.39, 0.29) is 30.6 Å². The zero-order valence-electron chi connectivity index (χ0n) is 14.3. The predicted molar refractivity (Wildman–Crippen MR) is 94.0 cm³/mol. The smallest absolute Gasteiger partial charge is 0.411 e. The van der Waals surface area contributed by atoms with Crippen LogP contribution in [0.25, 0.3) is 0 Å². The number of carbonyl (C=O) groups excluding carboxylic acids is 3. The van der Waals surface area contributed by atoms with Crippen molar-refractivity contribution in [2.75, 3.05) is 18.5 Å². The topological polar surface area (TPSA) is 105 Å². The highest BCUT2D eigenvalue weighted by Crippen LogP contribution is 2.48. The number of carbonyl (C=O) groups is 3. The average Bonchev–Trinajstić information content (AvgIpc) is 3.33. The van der Waals surface area contributed by atoms with Crippen LogP contribution in [-0.2, 0) is 19.1 Å². The standard InChI is InChI=1S/C18H19ClN2O6/c19-9-1-3-10(4-2-9)20-18(25)26-8-11(7-22)21-16(23)14-12-5-6-13(27-12)15(14)17(21)24/h1-4,11-15,22H,5-8H2,(H,20,25). The summed E-state index contributed by atoms with van der Waals surface area (Å²) in [6, 6.07) is 5.54. The Hall–Kier alpha value is -2.16. The van der Waals surface area contributed by atoms with Gasteiger partial charge in [0.15, 0.2) is 0 Å². The van der Waals surface area contributed by atoms with E-state index < -0.39 is 30.6 Å². The van der Waals surface area contributed by atoms with E-state index in [1.54, 1.807) is 24.3 Å². The summed E-state index contributed by atoms with van der Waals surface area (Å²) in [6.07, 6.45) is 0.327. The minimum Gasteiger partial charge on any atom is -0.447 e. The summed E-state index contributed by atoms with van der Waals surface area (Å²) in [6.45, 7) is -0.773. The number of likely N-dealkylation sites (tertiary alicyclic amines) is 1. The maximum absolute atomic E-state index is 12.7. The van der Waals surface area contributed by atoms with Crippen LogP contribution in [0.1, 0.15) is 12.8 Å². The number of aliphatic hydroxyl groups is 1. The fourth-order valence-electron chi connectivity index (χ4n) is 4.16. The molecule has 3 amide bonds. The van der Waals surface area contributed by atoms with Crippen molar-refractivity contribution in [1.29, 1.82) is 0 Å². The number of amides is 3. The van der Waals surface area contributed by atoms with Crippen LogP contribution in [0.4, 0.5) is 10.5 Å². The Morgan fingerprint density at radius 2 is 1.81 bits per heavy atom. The minimum absolute atomic E-state index is 0.227. The van der Waals surface area contributed by atoms with Gasteiger partial charge in [-0.15, -0.1) is 0 Å². The van der Waals surface area contributed by atoms with Crippen LogP contribution in [0, 0.1) is 11.8 Å². The predicted octanol–water partition coefficient (Wildman–Crippen LogP) is 1.41. The molecule has 144 valence electrons. The number of nitrogens with zero attached hydrogens (tertiary/aromatic N) is 1. The molecule has 4 rings (SSSR count). The molecule has 5 unspecified atom stereocenters. The molecule has 3 aliphatic rings. The van der Waals surface area contributed by atoms with Crippen molar-refractivity contribution in [1.82, 2.24) is 4.90 Å². The normalized spacial score (nSPS) is 29.8. The van der Waals surface area contributed by atoms with Crippen molar-refractivity contribution in [3.8, 4) is 0 Å². The maximum Gasteiger partial charge on any atom is 0.411 e. The third kappa shape index (κ3) is 3.18. The molecule has 8 nitrogen and oxygen atoms in total. The van der Waals surface area contributed by atoms with Gasteiger partial charge in [-0.3, -0.25) is 19.8 Å². The van der Waals surface area contributed by atoms with Gasteiger partial charge in [0.1, 0.15) is 6.61 Å². The number of aliphatic hydroxyl groups excluding tert-OH is 1. The molecule has 9 heteroatoms. The van der Waals surface area contributed by atoms with Gasteiger partial charge in [0, 0.05) is 10.7 Å². The average molecular weight is 395 g/mol. The lowest BCUT2D eigenvalue weighted by molar-refractivity contribution is -0.147. The third-order valence-electron chi connectivity index (χ3n) is 5.39. The third-order valence-corrected chi connectivity index (χ3v) is 5.64. The lowest BCUT2D eigenvalue weighted by atomic mass is 9.81. The van der Waals surface area contributed by atoms with Crippen molar-refractivity contribution in [2.45, 2.75) is 31.1 Å². The molecule has 1 aromatic rings. The zero-order valence-corrected chi connectivity index (χ0v) is 15.1. The highest BCUT2D eigenvalue weighted by molar-refractivity contribution is 6.30. The van der Waals surface area contributed by atoms with E-state index in [2.05, 4.69) is 5.32 Å².